The minimum absolute atomic E-state index is 0.309. The van der Waals surface area contributed by atoms with Gasteiger partial charge < -0.3 is 0 Å². The fourth-order valence-corrected chi connectivity index (χ4v) is 1.89. The topological polar surface area (TPSA) is 36.7 Å². The fraction of sp³-hybridized carbons (Fsp3) is 0.0769. The number of aromatic nitrogens is 1. The summed E-state index contributed by atoms with van der Waals surface area (Å²) >= 11 is 12.0. The number of hydrogen-bond donors (Lipinski definition) is 0. The molecule has 0 aliphatic rings. The Balaban J connectivity index is 2.40. The number of hydrogen-bond acceptors (Lipinski definition) is 2. The third-order valence-corrected chi connectivity index (χ3v) is 2.89. The van der Waals surface area contributed by atoms with E-state index in [-0.39, 0.29) is 0 Å². The van der Waals surface area contributed by atoms with Gasteiger partial charge in [-0.2, -0.15) is 5.26 Å². The van der Waals surface area contributed by atoms with E-state index in [1.807, 2.05) is 12.1 Å². The normalized spacial score (nSPS) is 9.94. The van der Waals surface area contributed by atoms with Crippen LogP contribution in [0.3, 0.4) is 0 Å². The first-order valence-corrected chi connectivity index (χ1v) is 5.73. The molecule has 84 valence electrons. The lowest BCUT2D eigenvalue weighted by Crippen LogP contribution is -1.88. The van der Waals surface area contributed by atoms with E-state index in [1.165, 1.54) is 0 Å². The average Bonchev–Trinajstić information content (AvgIpc) is 2.34. The predicted octanol–water partition coefficient (Wildman–Crippen LogP) is 4.12. The van der Waals surface area contributed by atoms with E-state index in [9.17, 15) is 0 Å². The lowest BCUT2D eigenvalue weighted by molar-refractivity contribution is 1.12. The van der Waals surface area contributed by atoms with E-state index in [4.69, 9.17) is 28.5 Å². The van der Waals surface area contributed by atoms with Crippen LogP contribution < -0.4 is 0 Å². The molecule has 2 nitrogen and oxygen atoms in total. The first kappa shape index (κ1) is 11.9. The van der Waals surface area contributed by atoms with Crippen molar-refractivity contribution < 1.29 is 0 Å². The van der Waals surface area contributed by atoms with Crippen molar-refractivity contribution in [2.75, 3.05) is 0 Å². The van der Waals surface area contributed by atoms with Crippen LogP contribution in [0.25, 0.3) is 11.1 Å². The summed E-state index contributed by atoms with van der Waals surface area (Å²) in [6.07, 6.45) is 2.01. The van der Waals surface area contributed by atoms with Gasteiger partial charge in [0.25, 0.3) is 0 Å². The molecule has 0 bridgehead atoms. The zero-order chi connectivity index (χ0) is 12.3. The molecule has 0 saturated heterocycles. The lowest BCUT2D eigenvalue weighted by Gasteiger charge is -2.05. The third kappa shape index (κ3) is 2.76. The van der Waals surface area contributed by atoms with Gasteiger partial charge >= 0.3 is 0 Å². The summed E-state index contributed by atoms with van der Waals surface area (Å²) in [6.45, 7) is 0. The lowest BCUT2D eigenvalue weighted by atomic mass is 10.1. The minimum atomic E-state index is 0.309. The van der Waals surface area contributed by atoms with Gasteiger partial charge in [-0.25, -0.2) is 0 Å². The van der Waals surface area contributed by atoms with Gasteiger partial charge in [-0.1, -0.05) is 29.3 Å². The molecule has 1 aromatic carbocycles. The van der Waals surface area contributed by atoms with Crippen molar-refractivity contribution >= 4 is 23.2 Å². The summed E-state index contributed by atoms with van der Waals surface area (Å²) in [7, 11) is 0. The Morgan fingerprint density at radius 3 is 2.65 bits per heavy atom. The summed E-state index contributed by atoms with van der Waals surface area (Å²) in [5.41, 5.74) is 2.48. The van der Waals surface area contributed by atoms with Crippen molar-refractivity contribution in [2.45, 2.75) is 6.42 Å². The van der Waals surface area contributed by atoms with E-state index in [2.05, 4.69) is 11.1 Å². The summed E-state index contributed by atoms with van der Waals surface area (Å²) in [6, 6.07) is 11.0. The molecule has 1 heterocycles. The van der Waals surface area contributed by atoms with Gasteiger partial charge in [0.05, 0.1) is 18.2 Å². The second-order valence-corrected chi connectivity index (χ2v) is 4.34. The number of rotatable bonds is 2. The molecule has 1 aromatic heterocycles. The SMILES string of the molecule is N#CCc1ccc(-c2cc(Cl)ccc2Cl)cn1. The Hall–Kier alpha value is -1.56. The van der Waals surface area contributed by atoms with E-state index in [0.29, 0.717) is 16.5 Å². The van der Waals surface area contributed by atoms with Gasteiger partial charge in [-0.15, -0.1) is 0 Å². The van der Waals surface area contributed by atoms with Crippen molar-refractivity contribution in [3.8, 4) is 17.2 Å². The Kier molecular flexibility index (Phi) is 3.63. The predicted molar refractivity (Wildman–Crippen MR) is 69.0 cm³/mol. The Morgan fingerprint density at radius 1 is 1.18 bits per heavy atom. The highest BCUT2D eigenvalue weighted by Gasteiger charge is 2.05. The Bertz CT molecular complexity index is 571. The molecule has 0 atom stereocenters. The maximum Gasteiger partial charge on any atom is 0.0774 e. The molecule has 4 heteroatoms. The molecule has 0 amide bonds. The third-order valence-electron chi connectivity index (χ3n) is 2.32. The zero-order valence-electron chi connectivity index (χ0n) is 8.82. The Morgan fingerprint density at radius 2 is 2.00 bits per heavy atom. The molecular formula is C13H8Cl2N2. The maximum absolute atomic E-state index is 8.56. The first-order chi connectivity index (χ1) is 8.20. The fourth-order valence-electron chi connectivity index (χ4n) is 1.49. The summed E-state index contributed by atoms with van der Waals surface area (Å²) < 4.78 is 0. The average molecular weight is 263 g/mol. The van der Waals surface area contributed by atoms with Crippen molar-refractivity contribution in [3.63, 3.8) is 0 Å². The molecule has 17 heavy (non-hydrogen) atoms. The molecule has 0 spiro atoms. The monoisotopic (exact) mass is 262 g/mol. The summed E-state index contributed by atoms with van der Waals surface area (Å²) in [5.74, 6) is 0. The van der Waals surface area contributed by atoms with E-state index >= 15 is 0 Å². The van der Waals surface area contributed by atoms with Crippen LogP contribution in [0.1, 0.15) is 5.69 Å². The molecule has 0 aliphatic heterocycles. The molecule has 0 fully saturated rings. The summed E-state index contributed by atoms with van der Waals surface area (Å²) in [4.78, 5) is 4.19. The number of benzene rings is 1. The largest absolute Gasteiger partial charge is 0.260 e. The van der Waals surface area contributed by atoms with Crippen LogP contribution in [0.4, 0.5) is 0 Å². The van der Waals surface area contributed by atoms with Crippen LogP contribution in [-0.4, -0.2) is 4.98 Å². The highest BCUT2D eigenvalue weighted by Crippen LogP contribution is 2.30. The molecule has 0 unspecified atom stereocenters. The molecule has 0 radical (unpaired) electrons. The van der Waals surface area contributed by atoms with Crippen molar-refractivity contribution in [1.29, 1.82) is 5.26 Å². The zero-order valence-corrected chi connectivity index (χ0v) is 10.3. The summed E-state index contributed by atoms with van der Waals surface area (Å²) in [5, 5.41) is 9.82. The van der Waals surface area contributed by atoms with Gasteiger partial charge in [-0.3, -0.25) is 4.98 Å². The van der Waals surface area contributed by atoms with E-state index < -0.39 is 0 Å². The van der Waals surface area contributed by atoms with Crippen LogP contribution in [-0.2, 0) is 6.42 Å². The quantitative estimate of drug-likeness (QED) is 0.817. The number of pyridine rings is 1. The van der Waals surface area contributed by atoms with Crippen LogP contribution in [0.2, 0.25) is 10.0 Å². The highest BCUT2D eigenvalue weighted by atomic mass is 35.5. The molecular weight excluding hydrogens is 255 g/mol. The molecule has 0 aliphatic carbocycles. The van der Waals surface area contributed by atoms with Crippen LogP contribution in [0, 0.1) is 11.3 Å². The second-order valence-electron chi connectivity index (χ2n) is 3.50. The minimum Gasteiger partial charge on any atom is -0.260 e. The van der Waals surface area contributed by atoms with Crippen molar-refractivity contribution in [1.82, 2.24) is 4.98 Å². The van der Waals surface area contributed by atoms with Gasteiger partial charge in [0.15, 0.2) is 0 Å². The van der Waals surface area contributed by atoms with Crippen molar-refractivity contribution in [3.05, 3.63) is 52.3 Å². The smallest absolute Gasteiger partial charge is 0.0774 e. The maximum atomic E-state index is 8.56. The molecule has 2 rings (SSSR count). The molecule has 0 N–H and O–H groups in total. The standard InChI is InChI=1S/C13H8Cl2N2/c14-10-2-4-13(15)12(7-10)9-1-3-11(5-6-16)17-8-9/h1-4,7-8H,5H2. The Labute approximate surface area is 109 Å². The van der Waals surface area contributed by atoms with Crippen LogP contribution in [0.15, 0.2) is 36.5 Å². The second kappa shape index (κ2) is 5.18. The van der Waals surface area contributed by atoms with E-state index in [0.717, 1.165) is 16.8 Å². The van der Waals surface area contributed by atoms with Crippen molar-refractivity contribution in [2.24, 2.45) is 0 Å². The van der Waals surface area contributed by atoms with Crippen LogP contribution >= 0.6 is 23.2 Å². The first-order valence-electron chi connectivity index (χ1n) is 4.98. The number of nitriles is 1. The van der Waals surface area contributed by atoms with Gasteiger partial charge in [0, 0.05) is 27.4 Å². The molecule has 0 saturated carbocycles. The van der Waals surface area contributed by atoms with Gasteiger partial charge in [-0.05, 0) is 24.3 Å². The molecule has 2 aromatic rings. The van der Waals surface area contributed by atoms with E-state index in [1.54, 1.807) is 24.4 Å². The number of halogens is 2. The van der Waals surface area contributed by atoms with Gasteiger partial charge in [0.2, 0.25) is 0 Å². The van der Waals surface area contributed by atoms with Gasteiger partial charge in [0.1, 0.15) is 0 Å². The number of nitrogens with zero attached hydrogens (tertiary/aromatic N) is 2. The highest BCUT2D eigenvalue weighted by molar-refractivity contribution is 6.35. The van der Waals surface area contributed by atoms with Crippen LogP contribution in [0.5, 0.6) is 0 Å².